The van der Waals surface area contributed by atoms with Crippen LogP contribution in [0.4, 0.5) is 4.79 Å². The van der Waals surface area contributed by atoms with E-state index in [0.717, 1.165) is 5.56 Å². The summed E-state index contributed by atoms with van der Waals surface area (Å²) in [5, 5.41) is 2.97. The number of piperazine rings is 1. The fourth-order valence-corrected chi connectivity index (χ4v) is 4.24. The maximum Gasteiger partial charge on any atom is 0.338 e. The average Bonchev–Trinajstić information content (AvgIpc) is 2.81. The van der Waals surface area contributed by atoms with Crippen LogP contribution in [0.25, 0.3) is 0 Å². The molecule has 33 heavy (non-hydrogen) atoms. The Morgan fingerprint density at radius 3 is 2.42 bits per heavy atom. The van der Waals surface area contributed by atoms with E-state index in [4.69, 9.17) is 4.74 Å². The molecule has 1 aromatic carbocycles. The number of esters is 1. The SMILES string of the molecule is C=CCN1C(=O)NC(c2ccccc2)C(C(=O)OCC)=C1CN1CCN(C(=O)C(C)C)CC1. The van der Waals surface area contributed by atoms with E-state index in [1.54, 1.807) is 17.9 Å². The Bertz CT molecular complexity index is 904. The van der Waals surface area contributed by atoms with Crippen LogP contribution in [-0.2, 0) is 14.3 Å². The van der Waals surface area contributed by atoms with Gasteiger partial charge in [0.2, 0.25) is 5.91 Å². The molecule has 178 valence electrons. The van der Waals surface area contributed by atoms with Crippen molar-refractivity contribution in [1.82, 2.24) is 20.0 Å². The van der Waals surface area contributed by atoms with Crippen molar-refractivity contribution in [2.75, 3.05) is 45.9 Å². The van der Waals surface area contributed by atoms with E-state index < -0.39 is 12.0 Å². The van der Waals surface area contributed by atoms with Crippen molar-refractivity contribution in [3.8, 4) is 0 Å². The first-order valence-corrected chi connectivity index (χ1v) is 11.5. The minimum absolute atomic E-state index is 0.0357. The van der Waals surface area contributed by atoms with E-state index in [0.29, 0.717) is 44.0 Å². The van der Waals surface area contributed by atoms with E-state index >= 15 is 0 Å². The fourth-order valence-electron chi connectivity index (χ4n) is 4.24. The maximum atomic E-state index is 13.2. The standard InChI is InChI=1S/C25H34N4O4/c1-5-12-29-20(17-27-13-15-28(16-14-27)23(30)18(3)4)21(24(31)33-6-2)22(26-25(29)32)19-10-8-7-9-11-19/h5,7-11,18,22H,1,6,12-17H2,2-4H3,(H,26,32). The quantitative estimate of drug-likeness (QED) is 0.482. The van der Waals surface area contributed by atoms with Crippen LogP contribution in [0.5, 0.6) is 0 Å². The second-order valence-electron chi connectivity index (χ2n) is 8.53. The fraction of sp³-hybridized carbons (Fsp3) is 0.480. The smallest absolute Gasteiger partial charge is 0.338 e. The molecule has 0 radical (unpaired) electrons. The van der Waals surface area contributed by atoms with Gasteiger partial charge in [0.1, 0.15) is 0 Å². The Balaban J connectivity index is 1.95. The lowest BCUT2D eigenvalue weighted by atomic mass is 9.94. The summed E-state index contributed by atoms with van der Waals surface area (Å²) in [5.74, 6) is -0.328. The summed E-state index contributed by atoms with van der Waals surface area (Å²) < 4.78 is 5.42. The van der Waals surface area contributed by atoms with Gasteiger partial charge < -0.3 is 15.0 Å². The van der Waals surface area contributed by atoms with Crippen LogP contribution in [0, 0.1) is 5.92 Å². The van der Waals surface area contributed by atoms with Crippen LogP contribution >= 0.6 is 0 Å². The van der Waals surface area contributed by atoms with Crippen molar-refractivity contribution in [3.05, 3.63) is 59.8 Å². The molecule has 0 bridgehead atoms. The van der Waals surface area contributed by atoms with Gasteiger partial charge in [-0.2, -0.15) is 0 Å². The molecular formula is C25H34N4O4. The molecule has 8 heteroatoms. The van der Waals surface area contributed by atoms with Crippen molar-refractivity contribution in [3.63, 3.8) is 0 Å². The summed E-state index contributed by atoms with van der Waals surface area (Å²) in [6.07, 6.45) is 1.64. The number of urea groups is 1. The number of hydrogen-bond acceptors (Lipinski definition) is 5. The highest BCUT2D eigenvalue weighted by atomic mass is 16.5. The van der Waals surface area contributed by atoms with Crippen molar-refractivity contribution in [2.45, 2.75) is 26.8 Å². The number of ether oxygens (including phenoxy) is 1. The van der Waals surface area contributed by atoms with Crippen LogP contribution < -0.4 is 5.32 Å². The summed E-state index contributed by atoms with van der Waals surface area (Å²) in [6.45, 7) is 12.8. The van der Waals surface area contributed by atoms with Gasteiger partial charge in [-0.25, -0.2) is 9.59 Å². The van der Waals surface area contributed by atoms with Crippen molar-refractivity contribution in [2.24, 2.45) is 5.92 Å². The highest BCUT2D eigenvalue weighted by Crippen LogP contribution is 2.32. The first kappa shape index (κ1) is 24.5. The van der Waals surface area contributed by atoms with Gasteiger partial charge >= 0.3 is 12.0 Å². The third kappa shape index (κ3) is 5.63. The maximum absolute atomic E-state index is 13.2. The van der Waals surface area contributed by atoms with Gasteiger partial charge in [0.25, 0.3) is 0 Å². The molecule has 2 aliphatic rings. The number of hydrogen-bond donors (Lipinski definition) is 1. The Morgan fingerprint density at radius 1 is 1.18 bits per heavy atom. The Hall–Kier alpha value is -3.13. The number of carbonyl (C=O) groups is 3. The molecule has 1 fully saturated rings. The summed E-state index contributed by atoms with van der Waals surface area (Å²) in [5.41, 5.74) is 1.87. The first-order valence-electron chi connectivity index (χ1n) is 11.5. The van der Waals surface area contributed by atoms with Gasteiger partial charge in [0.15, 0.2) is 0 Å². The lowest BCUT2D eigenvalue weighted by Crippen LogP contribution is -2.54. The van der Waals surface area contributed by atoms with Crippen LogP contribution in [0.1, 0.15) is 32.4 Å². The van der Waals surface area contributed by atoms with E-state index in [1.807, 2.05) is 49.1 Å². The zero-order chi connectivity index (χ0) is 24.0. The third-order valence-corrected chi connectivity index (χ3v) is 5.93. The number of amides is 3. The summed E-state index contributed by atoms with van der Waals surface area (Å²) in [6, 6.07) is 8.56. The second kappa shape index (κ2) is 11.1. The lowest BCUT2D eigenvalue weighted by molar-refractivity contribution is -0.139. The zero-order valence-electron chi connectivity index (χ0n) is 19.8. The molecule has 0 spiro atoms. The number of rotatable bonds is 8. The molecule has 1 N–H and O–H groups in total. The minimum Gasteiger partial charge on any atom is -0.463 e. The molecule has 2 aliphatic heterocycles. The van der Waals surface area contributed by atoms with E-state index in [2.05, 4.69) is 16.8 Å². The van der Waals surface area contributed by atoms with Gasteiger partial charge in [0, 0.05) is 50.9 Å². The van der Waals surface area contributed by atoms with Crippen molar-refractivity contribution < 1.29 is 19.1 Å². The number of nitrogens with one attached hydrogen (secondary N) is 1. The Morgan fingerprint density at radius 2 is 1.85 bits per heavy atom. The van der Waals surface area contributed by atoms with Gasteiger partial charge in [-0.3, -0.25) is 14.6 Å². The number of carbonyl (C=O) groups excluding carboxylic acids is 3. The number of benzene rings is 1. The molecule has 1 saturated heterocycles. The topological polar surface area (TPSA) is 82.2 Å². The van der Waals surface area contributed by atoms with Crippen LogP contribution in [0.2, 0.25) is 0 Å². The Kier molecular flexibility index (Phi) is 8.27. The van der Waals surface area contributed by atoms with E-state index in [9.17, 15) is 14.4 Å². The predicted octanol–water partition coefficient (Wildman–Crippen LogP) is 2.56. The molecule has 1 aromatic rings. The second-order valence-corrected chi connectivity index (χ2v) is 8.53. The molecule has 3 rings (SSSR count). The van der Waals surface area contributed by atoms with E-state index in [1.165, 1.54) is 0 Å². The van der Waals surface area contributed by atoms with Gasteiger partial charge in [-0.15, -0.1) is 6.58 Å². The largest absolute Gasteiger partial charge is 0.463 e. The normalized spacial score (nSPS) is 19.5. The molecule has 2 heterocycles. The lowest BCUT2D eigenvalue weighted by Gasteiger charge is -2.40. The highest BCUT2D eigenvalue weighted by molar-refractivity contribution is 5.95. The zero-order valence-corrected chi connectivity index (χ0v) is 19.8. The highest BCUT2D eigenvalue weighted by Gasteiger charge is 2.38. The molecule has 1 unspecified atom stereocenters. The van der Waals surface area contributed by atoms with Crippen molar-refractivity contribution >= 4 is 17.9 Å². The monoisotopic (exact) mass is 454 g/mol. The molecule has 1 atom stereocenters. The first-order chi connectivity index (χ1) is 15.9. The Labute approximate surface area is 195 Å². The molecule has 0 aromatic heterocycles. The summed E-state index contributed by atoms with van der Waals surface area (Å²) in [7, 11) is 0. The molecule has 0 saturated carbocycles. The molecule has 8 nitrogen and oxygen atoms in total. The molecule has 3 amide bonds. The summed E-state index contributed by atoms with van der Waals surface area (Å²) >= 11 is 0. The van der Waals surface area contributed by atoms with Crippen LogP contribution in [-0.4, -0.2) is 78.5 Å². The van der Waals surface area contributed by atoms with Crippen LogP contribution in [0.3, 0.4) is 0 Å². The van der Waals surface area contributed by atoms with Gasteiger partial charge in [-0.05, 0) is 12.5 Å². The van der Waals surface area contributed by atoms with Crippen LogP contribution in [0.15, 0.2) is 54.3 Å². The molecule has 0 aliphatic carbocycles. The minimum atomic E-state index is -0.599. The average molecular weight is 455 g/mol. The predicted molar refractivity (Wildman–Crippen MR) is 126 cm³/mol. The van der Waals surface area contributed by atoms with Gasteiger partial charge in [-0.1, -0.05) is 50.3 Å². The van der Waals surface area contributed by atoms with Gasteiger partial charge in [0.05, 0.1) is 18.2 Å². The molecular weight excluding hydrogens is 420 g/mol. The summed E-state index contributed by atoms with van der Waals surface area (Å²) in [4.78, 5) is 44.2. The van der Waals surface area contributed by atoms with E-state index in [-0.39, 0.29) is 31.0 Å². The third-order valence-electron chi connectivity index (χ3n) is 5.93. The van der Waals surface area contributed by atoms with Crippen molar-refractivity contribution in [1.29, 1.82) is 0 Å². The number of nitrogens with zero attached hydrogens (tertiary/aromatic N) is 3.